The maximum atomic E-state index is 12.4. The third kappa shape index (κ3) is 2.88. The Balaban J connectivity index is 1.87. The minimum absolute atomic E-state index is 0.0687. The molecule has 0 radical (unpaired) electrons. The van der Waals surface area contributed by atoms with E-state index in [-0.39, 0.29) is 17.1 Å². The van der Waals surface area contributed by atoms with Crippen LogP contribution in [0.3, 0.4) is 0 Å². The van der Waals surface area contributed by atoms with Crippen LogP contribution in [-0.4, -0.2) is 16.8 Å². The maximum absolute atomic E-state index is 12.4. The lowest BCUT2D eigenvalue weighted by Crippen LogP contribution is -2.27. The van der Waals surface area contributed by atoms with Crippen molar-refractivity contribution in [3.63, 3.8) is 0 Å². The van der Waals surface area contributed by atoms with Crippen molar-refractivity contribution < 1.29 is 18.8 Å². The zero-order valence-corrected chi connectivity index (χ0v) is 13.5. The van der Waals surface area contributed by atoms with Crippen molar-refractivity contribution in [1.82, 2.24) is 5.32 Å². The van der Waals surface area contributed by atoms with Gasteiger partial charge in [0, 0.05) is 17.5 Å². The summed E-state index contributed by atoms with van der Waals surface area (Å²) in [6.07, 6.45) is 2.91. The van der Waals surface area contributed by atoms with E-state index in [1.807, 2.05) is 6.92 Å². The van der Waals surface area contributed by atoms with Gasteiger partial charge in [0.2, 0.25) is 0 Å². The molecule has 122 valence electrons. The van der Waals surface area contributed by atoms with Gasteiger partial charge in [0.25, 0.3) is 5.91 Å². The molecule has 3 rings (SSSR count). The molecular formula is C17H20N2O4. The number of carbonyl (C=O) groups excluding carboxylic acids is 1. The fraction of sp³-hybridized carbons (Fsp3) is 0.412. The SMILES string of the molecule is Cc1c(C(=O)NCc2ccco2)oc2c1C(=NO)CC(C)(C)C2. The largest absolute Gasteiger partial charge is 0.467 e. The number of carbonyl (C=O) groups is 1. The van der Waals surface area contributed by atoms with Crippen molar-refractivity contribution in [2.45, 2.75) is 40.2 Å². The molecule has 1 aliphatic carbocycles. The highest BCUT2D eigenvalue weighted by Crippen LogP contribution is 2.38. The van der Waals surface area contributed by atoms with Gasteiger partial charge in [0.05, 0.1) is 18.5 Å². The highest BCUT2D eigenvalue weighted by atomic mass is 16.4. The Labute approximate surface area is 134 Å². The lowest BCUT2D eigenvalue weighted by Gasteiger charge is -2.28. The van der Waals surface area contributed by atoms with Crippen molar-refractivity contribution in [3.05, 3.63) is 46.8 Å². The Morgan fingerprint density at radius 3 is 2.87 bits per heavy atom. The van der Waals surface area contributed by atoms with Gasteiger partial charge in [0.1, 0.15) is 11.5 Å². The number of nitrogens with zero attached hydrogens (tertiary/aromatic N) is 1. The first-order chi connectivity index (χ1) is 10.9. The molecule has 2 heterocycles. The number of rotatable bonds is 3. The first-order valence-electron chi connectivity index (χ1n) is 7.55. The Bertz CT molecular complexity index is 754. The van der Waals surface area contributed by atoms with E-state index in [9.17, 15) is 10.0 Å². The van der Waals surface area contributed by atoms with Crippen molar-refractivity contribution >= 4 is 11.6 Å². The maximum Gasteiger partial charge on any atom is 0.287 e. The van der Waals surface area contributed by atoms with Crippen LogP contribution in [0.1, 0.15) is 53.5 Å². The highest BCUT2D eigenvalue weighted by molar-refractivity contribution is 6.06. The van der Waals surface area contributed by atoms with Crippen LogP contribution < -0.4 is 5.32 Å². The number of furan rings is 2. The smallest absolute Gasteiger partial charge is 0.287 e. The van der Waals surface area contributed by atoms with E-state index in [0.29, 0.717) is 42.2 Å². The summed E-state index contributed by atoms with van der Waals surface area (Å²) in [6, 6.07) is 3.56. The van der Waals surface area contributed by atoms with Crippen LogP contribution in [0.4, 0.5) is 0 Å². The van der Waals surface area contributed by atoms with E-state index < -0.39 is 0 Å². The minimum Gasteiger partial charge on any atom is -0.467 e. The summed E-state index contributed by atoms with van der Waals surface area (Å²) in [5.74, 6) is 1.34. The summed E-state index contributed by atoms with van der Waals surface area (Å²) >= 11 is 0. The monoisotopic (exact) mass is 316 g/mol. The van der Waals surface area contributed by atoms with Crippen molar-refractivity contribution in [3.8, 4) is 0 Å². The van der Waals surface area contributed by atoms with E-state index in [1.54, 1.807) is 18.4 Å². The molecule has 0 saturated heterocycles. The second kappa shape index (κ2) is 5.61. The number of hydrogen-bond acceptors (Lipinski definition) is 5. The lowest BCUT2D eigenvalue weighted by molar-refractivity contribution is 0.0916. The molecule has 23 heavy (non-hydrogen) atoms. The second-order valence-corrected chi connectivity index (χ2v) is 6.68. The van der Waals surface area contributed by atoms with Crippen LogP contribution in [0, 0.1) is 12.3 Å². The molecule has 0 unspecified atom stereocenters. The molecule has 0 spiro atoms. The molecule has 2 aromatic heterocycles. The van der Waals surface area contributed by atoms with Crippen molar-refractivity contribution in [2.24, 2.45) is 10.6 Å². The molecule has 2 N–H and O–H groups in total. The normalized spacial score (nSPS) is 18.0. The predicted octanol–water partition coefficient (Wildman–Crippen LogP) is 3.26. The predicted molar refractivity (Wildman–Crippen MR) is 83.7 cm³/mol. The van der Waals surface area contributed by atoms with E-state index in [4.69, 9.17) is 8.83 Å². The summed E-state index contributed by atoms with van der Waals surface area (Å²) in [7, 11) is 0. The molecule has 1 aliphatic rings. The quantitative estimate of drug-likeness (QED) is 0.672. The van der Waals surface area contributed by atoms with Crippen molar-refractivity contribution in [2.75, 3.05) is 0 Å². The van der Waals surface area contributed by atoms with Crippen LogP contribution in [0.5, 0.6) is 0 Å². The van der Waals surface area contributed by atoms with Gasteiger partial charge in [-0.2, -0.15) is 0 Å². The van der Waals surface area contributed by atoms with Gasteiger partial charge in [-0.3, -0.25) is 4.79 Å². The topological polar surface area (TPSA) is 88.0 Å². The Hall–Kier alpha value is -2.50. The molecule has 1 amide bonds. The standard InChI is InChI=1S/C17H20N2O4/c1-10-14-12(19-21)7-17(2,3)8-13(14)23-15(10)16(20)18-9-11-5-4-6-22-11/h4-6,21H,7-9H2,1-3H3,(H,18,20). The first-order valence-corrected chi connectivity index (χ1v) is 7.55. The fourth-order valence-corrected chi connectivity index (χ4v) is 3.08. The molecule has 6 nitrogen and oxygen atoms in total. The van der Waals surface area contributed by atoms with Gasteiger partial charge in [-0.1, -0.05) is 19.0 Å². The van der Waals surface area contributed by atoms with E-state index in [0.717, 1.165) is 5.56 Å². The number of hydrogen-bond donors (Lipinski definition) is 2. The summed E-state index contributed by atoms with van der Waals surface area (Å²) in [4.78, 5) is 12.4. The third-order valence-corrected chi connectivity index (χ3v) is 4.12. The first kappa shape index (κ1) is 15.4. The molecule has 0 bridgehead atoms. The Kier molecular flexibility index (Phi) is 3.75. The van der Waals surface area contributed by atoms with E-state index in [1.165, 1.54) is 0 Å². The number of nitrogens with one attached hydrogen (secondary N) is 1. The summed E-state index contributed by atoms with van der Waals surface area (Å²) < 4.78 is 11.0. The van der Waals surface area contributed by atoms with Crippen LogP contribution >= 0.6 is 0 Å². The molecule has 0 aliphatic heterocycles. The number of oxime groups is 1. The van der Waals surface area contributed by atoms with Gasteiger partial charge in [-0.25, -0.2) is 0 Å². The molecule has 6 heteroatoms. The summed E-state index contributed by atoms with van der Waals surface area (Å²) in [5.41, 5.74) is 1.97. The molecule has 0 saturated carbocycles. The Morgan fingerprint density at radius 2 is 2.22 bits per heavy atom. The van der Waals surface area contributed by atoms with Gasteiger partial charge >= 0.3 is 0 Å². The zero-order valence-electron chi connectivity index (χ0n) is 13.5. The number of fused-ring (bicyclic) bond motifs is 1. The van der Waals surface area contributed by atoms with Crippen LogP contribution in [-0.2, 0) is 13.0 Å². The minimum atomic E-state index is -0.302. The van der Waals surface area contributed by atoms with Gasteiger partial charge in [0.15, 0.2) is 5.76 Å². The van der Waals surface area contributed by atoms with Crippen LogP contribution in [0.25, 0.3) is 0 Å². The highest BCUT2D eigenvalue weighted by Gasteiger charge is 2.36. The van der Waals surface area contributed by atoms with Crippen molar-refractivity contribution in [1.29, 1.82) is 0 Å². The van der Waals surface area contributed by atoms with E-state index >= 15 is 0 Å². The molecule has 2 aromatic rings. The molecule has 0 aromatic carbocycles. The molecule has 0 atom stereocenters. The second-order valence-electron chi connectivity index (χ2n) is 6.68. The average molecular weight is 316 g/mol. The average Bonchev–Trinajstić information content (AvgIpc) is 3.11. The van der Waals surface area contributed by atoms with Gasteiger partial charge in [-0.15, -0.1) is 0 Å². The summed E-state index contributed by atoms with van der Waals surface area (Å²) in [6.45, 7) is 6.27. The van der Waals surface area contributed by atoms with Crippen LogP contribution in [0.15, 0.2) is 32.4 Å². The van der Waals surface area contributed by atoms with Crippen LogP contribution in [0.2, 0.25) is 0 Å². The molecule has 0 fully saturated rings. The van der Waals surface area contributed by atoms with Gasteiger partial charge in [-0.05, 0) is 30.9 Å². The van der Waals surface area contributed by atoms with Gasteiger partial charge < -0.3 is 19.4 Å². The van der Waals surface area contributed by atoms with E-state index in [2.05, 4.69) is 24.3 Å². The Morgan fingerprint density at radius 1 is 1.43 bits per heavy atom. The lowest BCUT2D eigenvalue weighted by atomic mass is 9.75. The molecular weight excluding hydrogens is 296 g/mol. The zero-order chi connectivity index (χ0) is 16.6. The fourth-order valence-electron chi connectivity index (χ4n) is 3.08. The number of amides is 1. The third-order valence-electron chi connectivity index (χ3n) is 4.12. The summed E-state index contributed by atoms with van der Waals surface area (Å²) in [5, 5.41) is 15.5.